The number of hydrazone groups is 1. The van der Waals surface area contributed by atoms with Crippen LogP contribution < -0.4 is 10.7 Å². The molecule has 0 bridgehead atoms. The average Bonchev–Trinajstić information content (AvgIpc) is 2.99. The number of nitrogens with one attached hydrogen (secondary N) is 2. The van der Waals surface area contributed by atoms with E-state index >= 15 is 0 Å². The molecule has 0 unspecified atom stereocenters. The zero-order valence-corrected chi connectivity index (χ0v) is 10.4. The van der Waals surface area contributed by atoms with E-state index in [1.54, 1.807) is 36.7 Å². The molecule has 102 valence electrons. The second-order valence-corrected chi connectivity index (χ2v) is 3.74. The Hall–Kier alpha value is -2.96. The lowest BCUT2D eigenvalue weighted by molar-refractivity contribution is -0.139. The number of hydrogen-bond donors (Lipinski definition) is 2. The van der Waals surface area contributed by atoms with Gasteiger partial charge in [0.1, 0.15) is 5.76 Å². The van der Waals surface area contributed by atoms with E-state index < -0.39 is 11.8 Å². The van der Waals surface area contributed by atoms with Crippen LogP contribution in [-0.2, 0) is 16.1 Å². The Morgan fingerprint density at radius 3 is 2.75 bits per heavy atom. The third-order valence-corrected chi connectivity index (χ3v) is 2.30. The van der Waals surface area contributed by atoms with E-state index in [0.29, 0.717) is 5.76 Å². The number of carbonyl (C=O) groups is 2. The Balaban J connectivity index is 1.76. The van der Waals surface area contributed by atoms with Crippen LogP contribution >= 0.6 is 0 Å². The number of aromatic nitrogens is 1. The fourth-order valence-corrected chi connectivity index (χ4v) is 1.33. The molecule has 0 fully saturated rings. The van der Waals surface area contributed by atoms with E-state index in [1.807, 2.05) is 0 Å². The molecule has 0 aromatic carbocycles. The first-order valence-electron chi connectivity index (χ1n) is 5.79. The van der Waals surface area contributed by atoms with Gasteiger partial charge in [-0.05, 0) is 29.8 Å². The van der Waals surface area contributed by atoms with Gasteiger partial charge in [0.25, 0.3) is 0 Å². The highest BCUT2D eigenvalue weighted by molar-refractivity contribution is 6.35. The molecule has 2 aromatic rings. The van der Waals surface area contributed by atoms with Gasteiger partial charge in [-0.15, -0.1) is 0 Å². The summed E-state index contributed by atoms with van der Waals surface area (Å²) < 4.78 is 5.02. The van der Waals surface area contributed by atoms with Crippen molar-refractivity contribution in [2.45, 2.75) is 6.54 Å². The maximum absolute atomic E-state index is 11.4. The number of carbonyl (C=O) groups excluding carboxylic acids is 2. The molecule has 20 heavy (non-hydrogen) atoms. The molecule has 0 atom stereocenters. The molecule has 0 saturated heterocycles. The molecule has 0 aliphatic heterocycles. The number of amides is 2. The van der Waals surface area contributed by atoms with Crippen molar-refractivity contribution >= 4 is 18.0 Å². The Morgan fingerprint density at radius 1 is 1.25 bits per heavy atom. The normalized spacial score (nSPS) is 10.4. The van der Waals surface area contributed by atoms with Crippen molar-refractivity contribution in [2.24, 2.45) is 5.10 Å². The highest BCUT2D eigenvalue weighted by atomic mass is 16.3. The minimum absolute atomic E-state index is 0.146. The molecule has 0 spiro atoms. The molecular formula is C13H12N4O3. The van der Waals surface area contributed by atoms with Gasteiger partial charge in [-0.1, -0.05) is 0 Å². The minimum Gasteiger partial charge on any atom is -0.467 e. The van der Waals surface area contributed by atoms with Gasteiger partial charge in [-0.25, -0.2) is 5.43 Å². The predicted molar refractivity (Wildman–Crippen MR) is 70.5 cm³/mol. The van der Waals surface area contributed by atoms with Crippen molar-refractivity contribution < 1.29 is 14.0 Å². The van der Waals surface area contributed by atoms with Gasteiger partial charge in [0.2, 0.25) is 0 Å². The molecular weight excluding hydrogens is 260 g/mol. The Kier molecular flexibility index (Phi) is 4.60. The molecule has 0 radical (unpaired) electrons. The Bertz CT molecular complexity index is 593. The third kappa shape index (κ3) is 4.05. The van der Waals surface area contributed by atoms with Gasteiger partial charge in [0.05, 0.1) is 19.0 Å². The summed E-state index contributed by atoms with van der Waals surface area (Å²) in [6, 6.07) is 6.82. The zero-order chi connectivity index (χ0) is 14.2. The van der Waals surface area contributed by atoms with Crippen LogP contribution in [0, 0.1) is 0 Å². The van der Waals surface area contributed by atoms with Crippen LogP contribution in [0.4, 0.5) is 0 Å². The van der Waals surface area contributed by atoms with Gasteiger partial charge in [0, 0.05) is 12.4 Å². The van der Waals surface area contributed by atoms with E-state index in [2.05, 4.69) is 20.8 Å². The lowest BCUT2D eigenvalue weighted by Crippen LogP contribution is -2.37. The minimum atomic E-state index is -0.845. The monoisotopic (exact) mass is 272 g/mol. The summed E-state index contributed by atoms with van der Waals surface area (Å²) >= 11 is 0. The summed E-state index contributed by atoms with van der Waals surface area (Å²) in [4.78, 5) is 26.7. The topological polar surface area (TPSA) is 96.6 Å². The van der Waals surface area contributed by atoms with Crippen LogP contribution in [0.25, 0.3) is 0 Å². The lowest BCUT2D eigenvalue weighted by atomic mass is 10.3. The van der Waals surface area contributed by atoms with E-state index in [9.17, 15) is 9.59 Å². The van der Waals surface area contributed by atoms with Gasteiger partial charge in [0.15, 0.2) is 0 Å². The molecule has 2 amide bonds. The Morgan fingerprint density at radius 2 is 2.05 bits per heavy atom. The number of pyridine rings is 1. The number of hydrogen-bond acceptors (Lipinski definition) is 5. The van der Waals surface area contributed by atoms with Crippen molar-refractivity contribution in [3.8, 4) is 0 Å². The molecule has 7 nitrogen and oxygen atoms in total. The fourth-order valence-electron chi connectivity index (χ4n) is 1.33. The first-order valence-corrected chi connectivity index (χ1v) is 5.79. The molecule has 0 aliphatic carbocycles. The largest absolute Gasteiger partial charge is 0.467 e. The van der Waals surface area contributed by atoms with Gasteiger partial charge in [-0.2, -0.15) is 5.10 Å². The quantitative estimate of drug-likeness (QED) is 0.479. The maximum atomic E-state index is 11.4. The van der Waals surface area contributed by atoms with Crippen LogP contribution in [0.2, 0.25) is 0 Å². The van der Waals surface area contributed by atoms with E-state index in [1.165, 1.54) is 12.5 Å². The highest BCUT2D eigenvalue weighted by Gasteiger charge is 2.12. The fraction of sp³-hybridized carbons (Fsp3) is 0.0769. The van der Waals surface area contributed by atoms with E-state index in [4.69, 9.17) is 4.42 Å². The number of furan rings is 1. The van der Waals surface area contributed by atoms with Crippen molar-refractivity contribution in [1.29, 1.82) is 0 Å². The predicted octanol–water partition coefficient (Wildman–Crippen LogP) is 0.441. The molecule has 2 aromatic heterocycles. The number of rotatable bonds is 4. The van der Waals surface area contributed by atoms with Gasteiger partial charge < -0.3 is 9.73 Å². The number of nitrogens with zero attached hydrogens (tertiary/aromatic N) is 2. The van der Waals surface area contributed by atoms with Crippen molar-refractivity contribution in [2.75, 3.05) is 0 Å². The second-order valence-electron chi connectivity index (χ2n) is 3.74. The average molecular weight is 272 g/mol. The molecule has 2 heterocycles. The maximum Gasteiger partial charge on any atom is 0.329 e. The lowest BCUT2D eigenvalue weighted by Gasteiger charge is -2.01. The summed E-state index contributed by atoms with van der Waals surface area (Å²) in [6.07, 6.45) is 6.10. The summed E-state index contributed by atoms with van der Waals surface area (Å²) in [6.45, 7) is 0.146. The molecule has 0 aliphatic rings. The van der Waals surface area contributed by atoms with Crippen LogP contribution in [0.1, 0.15) is 11.3 Å². The first kappa shape index (κ1) is 13.5. The Labute approximate surface area is 114 Å². The SMILES string of the molecule is O=C(NCc1ccco1)C(=O)N/N=C/c1ccncc1. The van der Waals surface area contributed by atoms with Crippen molar-refractivity contribution in [1.82, 2.24) is 15.7 Å². The van der Waals surface area contributed by atoms with Gasteiger partial charge in [-0.3, -0.25) is 14.6 Å². The molecule has 7 heteroatoms. The molecule has 0 saturated carbocycles. The van der Waals surface area contributed by atoms with E-state index in [-0.39, 0.29) is 6.54 Å². The highest BCUT2D eigenvalue weighted by Crippen LogP contribution is 1.98. The third-order valence-electron chi connectivity index (χ3n) is 2.30. The van der Waals surface area contributed by atoms with Crippen LogP contribution in [0.3, 0.4) is 0 Å². The molecule has 2 rings (SSSR count). The second kappa shape index (κ2) is 6.83. The van der Waals surface area contributed by atoms with Gasteiger partial charge >= 0.3 is 11.8 Å². The summed E-state index contributed by atoms with van der Waals surface area (Å²) in [7, 11) is 0. The van der Waals surface area contributed by atoms with Crippen molar-refractivity contribution in [3.05, 3.63) is 54.2 Å². The standard InChI is InChI=1S/C13H12N4O3/c18-12(15-9-11-2-1-7-20-11)13(19)17-16-8-10-3-5-14-6-4-10/h1-8H,9H2,(H,15,18)(H,17,19)/b16-8+. The summed E-state index contributed by atoms with van der Waals surface area (Å²) in [5.74, 6) is -1.07. The molecule has 2 N–H and O–H groups in total. The van der Waals surface area contributed by atoms with Crippen LogP contribution in [0.5, 0.6) is 0 Å². The smallest absolute Gasteiger partial charge is 0.329 e. The zero-order valence-electron chi connectivity index (χ0n) is 10.4. The summed E-state index contributed by atoms with van der Waals surface area (Å²) in [5, 5.41) is 6.08. The van der Waals surface area contributed by atoms with Crippen LogP contribution in [-0.4, -0.2) is 23.0 Å². The first-order chi connectivity index (χ1) is 9.75. The van der Waals surface area contributed by atoms with Crippen LogP contribution in [0.15, 0.2) is 52.4 Å². The van der Waals surface area contributed by atoms with Crippen molar-refractivity contribution in [3.63, 3.8) is 0 Å². The van der Waals surface area contributed by atoms with E-state index in [0.717, 1.165) is 5.56 Å². The summed E-state index contributed by atoms with van der Waals surface area (Å²) in [5.41, 5.74) is 2.89.